The van der Waals surface area contributed by atoms with E-state index < -0.39 is 23.3 Å². The Morgan fingerprint density at radius 3 is 1.38 bits per heavy atom. The molecule has 0 radical (unpaired) electrons. The molecule has 0 fully saturated rings. The van der Waals surface area contributed by atoms with E-state index in [0.29, 0.717) is 39.8 Å². The van der Waals surface area contributed by atoms with Gasteiger partial charge >= 0.3 is 0 Å². The average molecular weight is 692 g/mol. The van der Waals surface area contributed by atoms with E-state index in [4.69, 9.17) is 23.2 Å². The van der Waals surface area contributed by atoms with Crippen LogP contribution in [0.4, 0.5) is 17.6 Å². The van der Waals surface area contributed by atoms with E-state index in [1.807, 2.05) is 45.9 Å². The van der Waals surface area contributed by atoms with Gasteiger partial charge in [0.1, 0.15) is 11.6 Å². The van der Waals surface area contributed by atoms with Crippen molar-refractivity contribution in [3.8, 4) is 0 Å². The third-order valence-electron chi connectivity index (χ3n) is 6.66. The highest BCUT2D eigenvalue weighted by Crippen LogP contribution is 2.23. The summed E-state index contributed by atoms with van der Waals surface area (Å²) < 4.78 is 50.5. The molecule has 0 aliphatic heterocycles. The molecule has 0 spiro atoms. The zero-order valence-corrected chi connectivity index (χ0v) is 30.9. The molecule has 4 aromatic carbocycles. The van der Waals surface area contributed by atoms with Gasteiger partial charge in [-0.3, -0.25) is 0 Å². The standard InChI is InChI=1S/C11H16.C10H12Cl2.2C10H12F2/c1-9(2)8-11-6-4-10(3)5-7-11;1-7(2)5-8-3-4-9(11)10(12)6-8;1-7(2)5-8-3-4-9(11)6-10(8)12;1-7(2)5-8-3-4-9(11)10(12)6-8/h4-7,9H,8H2,1-3H3;3*3-4,6-7H,5H2,1-2H3. The van der Waals surface area contributed by atoms with Crippen LogP contribution >= 0.6 is 23.2 Å². The number of aryl methyl sites for hydroxylation is 1. The zero-order valence-electron chi connectivity index (χ0n) is 29.4. The van der Waals surface area contributed by atoms with Crippen molar-refractivity contribution in [2.45, 2.75) is 88.0 Å². The van der Waals surface area contributed by atoms with Crippen LogP contribution in [0.5, 0.6) is 0 Å². The molecular weight excluding hydrogens is 639 g/mol. The Labute approximate surface area is 291 Å². The molecular formula is C41H52Cl2F4. The summed E-state index contributed by atoms with van der Waals surface area (Å²) in [6.45, 7) is 19.1. The summed E-state index contributed by atoms with van der Waals surface area (Å²) in [4.78, 5) is 0. The van der Waals surface area contributed by atoms with Gasteiger partial charge in [-0.25, -0.2) is 17.6 Å². The first kappa shape index (κ1) is 42.2. The lowest BCUT2D eigenvalue weighted by Gasteiger charge is -2.05. The predicted octanol–water partition coefficient (Wildman–Crippen LogP) is 13.7. The van der Waals surface area contributed by atoms with E-state index in [1.54, 1.807) is 6.07 Å². The van der Waals surface area contributed by atoms with Gasteiger partial charge in [-0.05, 0) is 109 Å². The lowest BCUT2D eigenvalue weighted by molar-refractivity contribution is 0.505. The van der Waals surface area contributed by atoms with Gasteiger partial charge in [0.15, 0.2) is 11.6 Å². The van der Waals surface area contributed by atoms with Gasteiger partial charge in [-0.15, -0.1) is 0 Å². The summed E-state index contributed by atoms with van der Waals surface area (Å²) in [5.74, 6) is -0.209. The fraction of sp³-hybridized carbons (Fsp3) is 0.415. The van der Waals surface area contributed by atoms with Gasteiger partial charge in [-0.2, -0.15) is 0 Å². The third kappa shape index (κ3) is 18.9. The first-order chi connectivity index (χ1) is 22.0. The van der Waals surface area contributed by atoms with Crippen LogP contribution < -0.4 is 0 Å². The Bertz CT molecular complexity index is 1400. The SMILES string of the molecule is CC(C)Cc1ccc(Cl)c(Cl)c1.CC(C)Cc1ccc(F)c(F)c1.CC(C)Cc1ccc(F)cc1F.Cc1ccc(CC(C)C)cc1. The lowest BCUT2D eigenvalue weighted by atomic mass is 10.0. The minimum absolute atomic E-state index is 0.393. The number of benzene rings is 4. The highest BCUT2D eigenvalue weighted by molar-refractivity contribution is 6.42. The molecule has 0 N–H and O–H groups in total. The molecule has 0 bridgehead atoms. The molecule has 0 atom stereocenters. The maximum atomic E-state index is 13.0. The van der Waals surface area contributed by atoms with Crippen molar-refractivity contribution >= 4 is 23.2 Å². The Balaban J connectivity index is 0.000000314. The molecule has 0 amide bonds. The summed E-state index contributed by atoms with van der Waals surface area (Å²) in [7, 11) is 0. The largest absolute Gasteiger partial charge is 0.207 e. The van der Waals surface area contributed by atoms with Crippen LogP contribution in [0.2, 0.25) is 10.0 Å². The topological polar surface area (TPSA) is 0 Å². The summed E-state index contributed by atoms with van der Waals surface area (Å²) in [6, 6.07) is 22.4. The average Bonchev–Trinajstić information content (AvgIpc) is 2.96. The molecule has 0 saturated heterocycles. The number of hydrogen-bond acceptors (Lipinski definition) is 0. The zero-order chi connectivity index (χ0) is 35.7. The fourth-order valence-corrected chi connectivity index (χ4v) is 4.92. The first-order valence-electron chi connectivity index (χ1n) is 16.3. The van der Waals surface area contributed by atoms with Gasteiger partial charge in [0.05, 0.1) is 10.0 Å². The van der Waals surface area contributed by atoms with Crippen molar-refractivity contribution in [3.63, 3.8) is 0 Å². The maximum absolute atomic E-state index is 13.0. The van der Waals surface area contributed by atoms with Crippen molar-refractivity contribution < 1.29 is 17.6 Å². The minimum atomic E-state index is -0.775. The molecule has 0 aromatic heterocycles. The van der Waals surface area contributed by atoms with Crippen molar-refractivity contribution in [1.29, 1.82) is 0 Å². The second-order valence-electron chi connectivity index (χ2n) is 13.6. The first-order valence-corrected chi connectivity index (χ1v) is 17.1. The van der Waals surface area contributed by atoms with Gasteiger partial charge in [-0.1, -0.05) is 127 Å². The monoisotopic (exact) mass is 690 g/mol. The summed E-state index contributed by atoms with van der Waals surface area (Å²) in [5.41, 5.74) is 5.48. The van der Waals surface area contributed by atoms with Crippen LogP contribution in [-0.4, -0.2) is 0 Å². The van der Waals surface area contributed by atoms with Crippen molar-refractivity contribution in [1.82, 2.24) is 0 Å². The van der Waals surface area contributed by atoms with Crippen LogP contribution in [0.15, 0.2) is 78.9 Å². The molecule has 4 aromatic rings. The predicted molar refractivity (Wildman–Crippen MR) is 195 cm³/mol. The molecule has 258 valence electrons. The van der Waals surface area contributed by atoms with E-state index in [2.05, 4.69) is 58.9 Å². The minimum Gasteiger partial charge on any atom is -0.207 e. The van der Waals surface area contributed by atoms with Crippen molar-refractivity contribution in [3.05, 3.63) is 140 Å². The Morgan fingerprint density at radius 1 is 0.447 bits per heavy atom. The Kier molecular flexibility index (Phi) is 19.7. The smallest absolute Gasteiger partial charge is 0.159 e. The maximum Gasteiger partial charge on any atom is 0.159 e. The van der Waals surface area contributed by atoms with Crippen LogP contribution in [0, 0.1) is 53.9 Å². The van der Waals surface area contributed by atoms with Gasteiger partial charge in [0.25, 0.3) is 0 Å². The second kappa shape index (κ2) is 21.9. The van der Waals surface area contributed by atoms with Crippen LogP contribution in [0.25, 0.3) is 0 Å². The van der Waals surface area contributed by atoms with Crippen molar-refractivity contribution in [2.24, 2.45) is 23.7 Å². The van der Waals surface area contributed by atoms with Crippen LogP contribution in [0.3, 0.4) is 0 Å². The molecule has 6 heteroatoms. The Hall–Kier alpha value is -2.82. The molecule has 0 saturated carbocycles. The highest BCUT2D eigenvalue weighted by Gasteiger charge is 2.06. The fourth-order valence-electron chi connectivity index (χ4n) is 4.60. The normalized spacial score (nSPS) is 10.7. The molecule has 0 heterocycles. The van der Waals surface area contributed by atoms with Gasteiger partial charge in [0, 0.05) is 6.07 Å². The third-order valence-corrected chi connectivity index (χ3v) is 7.40. The van der Waals surface area contributed by atoms with Gasteiger partial charge in [0.2, 0.25) is 0 Å². The van der Waals surface area contributed by atoms with E-state index in [-0.39, 0.29) is 0 Å². The number of hydrogen-bond donors (Lipinski definition) is 0. The molecule has 4 rings (SSSR count). The molecule has 0 aliphatic rings. The Morgan fingerprint density at radius 2 is 0.915 bits per heavy atom. The number of rotatable bonds is 8. The summed E-state index contributed by atoms with van der Waals surface area (Å²) in [6.07, 6.45) is 3.69. The van der Waals surface area contributed by atoms with Crippen LogP contribution in [0.1, 0.15) is 83.2 Å². The summed E-state index contributed by atoms with van der Waals surface area (Å²) in [5, 5.41) is 1.28. The van der Waals surface area contributed by atoms with E-state index in [1.165, 1.54) is 47.4 Å². The van der Waals surface area contributed by atoms with E-state index in [0.717, 1.165) is 30.4 Å². The number of halogens is 6. The van der Waals surface area contributed by atoms with Crippen molar-refractivity contribution in [2.75, 3.05) is 0 Å². The molecule has 0 nitrogen and oxygen atoms in total. The molecule has 47 heavy (non-hydrogen) atoms. The molecule has 0 unspecified atom stereocenters. The quantitative estimate of drug-likeness (QED) is 0.161. The van der Waals surface area contributed by atoms with E-state index >= 15 is 0 Å². The molecule has 0 aliphatic carbocycles. The lowest BCUT2D eigenvalue weighted by Crippen LogP contribution is -1.97. The van der Waals surface area contributed by atoms with Gasteiger partial charge < -0.3 is 0 Å². The second-order valence-corrected chi connectivity index (χ2v) is 14.4. The van der Waals surface area contributed by atoms with Crippen LogP contribution in [-0.2, 0) is 25.7 Å². The summed E-state index contributed by atoms with van der Waals surface area (Å²) >= 11 is 11.7. The van der Waals surface area contributed by atoms with E-state index in [9.17, 15) is 17.6 Å². The highest BCUT2D eigenvalue weighted by atomic mass is 35.5.